The van der Waals surface area contributed by atoms with Crippen LogP contribution in [0.2, 0.25) is 0 Å². The van der Waals surface area contributed by atoms with Crippen LogP contribution in [0.4, 0.5) is 0 Å². The minimum Gasteiger partial charge on any atom is -0.481 e. The Labute approximate surface area is 124 Å². The molecule has 2 nitrogen and oxygen atoms in total. The summed E-state index contributed by atoms with van der Waals surface area (Å²) in [6, 6.07) is 10.7. The molecule has 0 radical (unpaired) electrons. The molecule has 5 aliphatic carbocycles. The molecule has 0 amide bonds. The van der Waals surface area contributed by atoms with Crippen molar-refractivity contribution in [3.05, 3.63) is 48.0 Å². The van der Waals surface area contributed by atoms with Crippen molar-refractivity contribution in [3.63, 3.8) is 0 Å². The molecule has 1 aromatic rings. The Kier molecular flexibility index (Phi) is 2.29. The van der Waals surface area contributed by atoms with Gasteiger partial charge in [0.05, 0.1) is 5.92 Å². The van der Waals surface area contributed by atoms with E-state index in [0.717, 1.165) is 24.7 Å². The predicted octanol–water partition coefficient (Wildman–Crippen LogP) is 3.24. The number of aliphatic carboxylic acids is 1. The van der Waals surface area contributed by atoms with Gasteiger partial charge in [0.15, 0.2) is 0 Å². The third-order valence-corrected chi connectivity index (χ3v) is 6.94. The third kappa shape index (κ3) is 1.41. The Morgan fingerprint density at radius 3 is 2.57 bits per heavy atom. The molecule has 0 heterocycles. The Morgan fingerprint density at radius 2 is 1.81 bits per heavy atom. The van der Waals surface area contributed by atoms with E-state index in [2.05, 4.69) is 42.5 Å². The number of carboxylic acid groups (broad SMARTS) is 1. The molecule has 0 aliphatic heterocycles. The Morgan fingerprint density at radius 1 is 1.05 bits per heavy atom. The molecule has 8 unspecified atom stereocenters. The summed E-state index contributed by atoms with van der Waals surface area (Å²) < 4.78 is 0. The highest BCUT2D eigenvalue weighted by Gasteiger charge is 2.69. The lowest BCUT2D eigenvalue weighted by Gasteiger charge is -2.59. The lowest BCUT2D eigenvalue weighted by molar-refractivity contribution is -0.155. The van der Waals surface area contributed by atoms with Crippen LogP contribution < -0.4 is 0 Å². The molecule has 6 rings (SSSR count). The van der Waals surface area contributed by atoms with Gasteiger partial charge in [0.1, 0.15) is 0 Å². The summed E-state index contributed by atoms with van der Waals surface area (Å²) in [4.78, 5) is 11.7. The average molecular weight is 280 g/mol. The van der Waals surface area contributed by atoms with Crippen LogP contribution in [0.15, 0.2) is 42.5 Å². The first-order chi connectivity index (χ1) is 10.3. The average Bonchev–Trinajstić information content (AvgIpc) is 2.71. The number of hydrogen-bond acceptors (Lipinski definition) is 1. The molecule has 0 aromatic heterocycles. The summed E-state index contributed by atoms with van der Waals surface area (Å²) in [6.07, 6.45) is 6.90. The quantitative estimate of drug-likeness (QED) is 0.863. The van der Waals surface area contributed by atoms with Gasteiger partial charge in [-0.25, -0.2) is 0 Å². The van der Waals surface area contributed by atoms with Gasteiger partial charge in [0, 0.05) is 0 Å². The lowest BCUT2D eigenvalue weighted by Crippen LogP contribution is -2.57. The van der Waals surface area contributed by atoms with Gasteiger partial charge in [-0.05, 0) is 59.8 Å². The van der Waals surface area contributed by atoms with Crippen molar-refractivity contribution < 1.29 is 9.90 Å². The minimum absolute atomic E-state index is 0.105. The minimum atomic E-state index is -0.552. The van der Waals surface area contributed by atoms with Crippen LogP contribution in [0.25, 0.3) is 0 Å². The first-order valence-corrected chi connectivity index (χ1v) is 8.21. The van der Waals surface area contributed by atoms with E-state index in [1.54, 1.807) is 0 Å². The van der Waals surface area contributed by atoms with Crippen LogP contribution >= 0.6 is 0 Å². The topological polar surface area (TPSA) is 37.3 Å². The highest BCUT2D eigenvalue weighted by atomic mass is 16.4. The van der Waals surface area contributed by atoms with Crippen LogP contribution in [-0.2, 0) is 11.2 Å². The molecule has 2 heteroatoms. The number of allylic oxidation sites excluding steroid dienone is 2. The standard InChI is InChI=1S/C19H20O2/c20-19(21)18-12-7-6-11-14(18)9-15-13(17(12)16(11)15)8-10-4-2-1-3-5-10/h1-7,11-18H,8-9H2,(H,20,21). The van der Waals surface area contributed by atoms with Gasteiger partial charge in [-0.1, -0.05) is 42.5 Å². The van der Waals surface area contributed by atoms with Crippen molar-refractivity contribution >= 4 is 5.97 Å². The van der Waals surface area contributed by atoms with Crippen molar-refractivity contribution in [2.45, 2.75) is 12.8 Å². The maximum atomic E-state index is 11.7. The number of hydrogen-bond donors (Lipinski definition) is 1. The molecule has 1 aromatic carbocycles. The van der Waals surface area contributed by atoms with Crippen molar-refractivity contribution in [1.29, 1.82) is 0 Å². The van der Waals surface area contributed by atoms with Crippen LogP contribution in [0.1, 0.15) is 12.0 Å². The van der Waals surface area contributed by atoms with Crippen LogP contribution in [0, 0.1) is 47.3 Å². The molecule has 8 atom stereocenters. The number of rotatable bonds is 3. The zero-order valence-corrected chi connectivity index (χ0v) is 11.9. The largest absolute Gasteiger partial charge is 0.481 e. The van der Waals surface area contributed by atoms with Crippen LogP contribution in [-0.4, -0.2) is 11.1 Å². The molecular formula is C19H20O2. The first kappa shape index (κ1) is 12.0. The Bertz CT molecular complexity index is 620. The highest BCUT2D eigenvalue weighted by molar-refractivity contribution is 5.72. The zero-order chi connectivity index (χ0) is 14.1. The molecule has 0 saturated heterocycles. The van der Waals surface area contributed by atoms with E-state index in [1.807, 2.05) is 0 Å². The second-order valence-electron chi connectivity index (χ2n) is 7.48. The van der Waals surface area contributed by atoms with E-state index in [4.69, 9.17) is 0 Å². The van der Waals surface area contributed by atoms with Gasteiger partial charge >= 0.3 is 5.97 Å². The van der Waals surface area contributed by atoms with E-state index in [0.29, 0.717) is 29.6 Å². The summed E-state index contributed by atoms with van der Waals surface area (Å²) in [5.74, 6) is 3.55. The van der Waals surface area contributed by atoms with Crippen molar-refractivity contribution in [2.75, 3.05) is 0 Å². The Balaban J connectivity index is 1.49. The maximum Gasteiger partial charge on any atom is 0.307 e. The summed E-state index contributed by atoms with van der Waals surface area (Å²) in [5.41, 5.74) is 1.42. The molecule has 4 bridgehead atoms. The lowest BCUT2D eigenvalue weighted by atomic mass is 9.45. The molecule has 3 saturated carbocycles. The Hall–Kier alpha value is -1.57. The number of carboxylic acids is 1. The van der Waals surface area contributed by atoms with E-state index in [1.165, 1.54) is 5.56 Å². The number of carbonyl (C=O) groups is 1. The molecule has 21 heavy (non-hydrogen) atoms. The normalized spacial score (nSPS) is 48.2. The van der Waals surface area contributed by atoms with E-state index in [9.17, 15) is 9.90 Å². The molecule has 3 fully saturated rings. The van der Waals surface area contributed by atoms with Gasteiger partial charge in [-0.3, -0.25) is 4.79 Å². The monoisotopic (exact) mass is 280 g/mol. The van der Waals surface area contributed by atoms with Gasteiger partial charge in [-0.2, -0.15) is 0 Å². The van der Waals surface area contributed by atoms with Crippen molar-refractivity contribution in [1.82, 2.24) is 0 Å². The van der Waals surface area contributed by atoms with E-state index in [-0.39, 0.29) is 5.92 Å². The fraction of sp³-hybridized carbons (Fsp3) is 0.526. The molecule has 5 aliphatic rings. The number of benzene rings is 1. The smallest absolute Gasteiger partial charge is 0.307 e. The highest BCUT2D eigenvalue weighted by Crippen LogP contribution is 2.72. The van der Waals surface area contributed by atoms with Gasteiger partial charge in [0.2, 0.25) is 0 Å². The predicted molar refractivity (Wildman–Crippen MR) is 79.5 cm³/mol. The first-order valence-electron chi connectivity index (χ1n) is 8.21. The van der Waals surface area contributed by atoms with Gasteiger partial charge in [-0.15, -0.1) is 0 Å². The van der Waals surface area contributed by atoms with E-state index >= 15 is 0 Å². The van der Waals surface area contributed by atoms with Crippen molar-refractivity contribution in [2.24, 2.45) is 47.3 Å². The summed E-state index contributed by atoms with van der Waals surface area (Å²) >= 11 is 0. The summed E-state index contributed by atoms with van der Waals surface area (Å²) in [5, 5.41) is 9.66. The SMILES string of the molecule is O=C(O)C1C2C=CC3C1CC1C(Cc4ccccc4)C2C31. The fourth-order valence-corrected chi connectivity index (χ4v) is 6.38. The fourth-order valence-electron chi connectivity index (χ4n) is 6.38. The van der Waals surface area contributed by atoms with E-state index < -0.39 is 5.97 Å². The maximum absolute atomic E-state index is 11.7. The van der Waals surface area contributed by atoms with Gasteiger partial charge in [0.25, 0.3) is 0 Å². The van der Waals surface area contributed by atoms with Crippen LogP contribution in [0.5, 0.6) is 0 Å². The zero-order valence-electron chi connectivity index (χ0n) is 11.9. The summed E-state index contributed by atoms with van der Waals surface area (Å²) in [6.45, 7) is 0. The molecule has 0 spiro atoms. The third-order valence-electron chi connectivity index (χ3n) is 6.94. The summed E-state index contributed by atoms with van der Waals surface area (Å²) in [7, 11) is 0. The van der Waals surface area contributed by atoms with Gasteiger partial charge < -0.3 is 5.11 Å². The molecule has 108 valence electrons. The van der Waals surface area contributed by atoms with Crippen molar-refractivity contribution in [3.8, 4) is 0 Å². The second kappa shape index (κ2) is 4.00. The molecular weight excluding hydrogens is 260 g/mol. The second-order valence-corrected chi connectivity index (χ2v) is 7.48. The molecule has 1 N–H and O–H groups in total. The van der Waals surface area contributed by atoms with Crippen LogP contribution in [0.3, 0.4) is 0 Å².